The third-order valence-electron chi connectivity index (χ3n) is 6.71. The lowest BCUT2D eigenvalue weighted by atomic mass is 9.80. The number of rotatable bonds is 5. The first kappa shape index (κ1) is 23.7. The molecule has 0 saturated carbocycles. The van der Waals surface area contributed by atoms with E-state index < -0.39 is 0 Å². The van der Waals surface area contributed by atoms with Crippen molar-refractivity contribution in [2.24, 2.45) is 10.9 Å². The van der Waals surface area contributed by atoms with Crippen LogP contribution in [0.3, 0.4) is 0 Å². The molecule has 8 heteroatoms. The van der Waals surface area contributed by atoms with Crippen LogP contribution < -0.4 is 29.1 Å². The Hall–Kier alpha value is -3.03. The molecule has 0 bridgehead atoms. The minimum Gasteiger partial charge on any atom is -0.493 e. The molecule has 0 N–H and O–H groups in total. The molecule has 3 aromatic rings. The van der Waals surface area contributed by atoms with Gasteiger partial charge in [0.25, 0.3) is 5.56 Å². The van der Waals surface area contributed by atoms with Crippen molar-refractivity contribution < 1.29 is 14.2 Å². The van der Waals surface area contributed by atoms with E-state index in [9.17, 15) is 4.79 Å². The first-order chi connectivity index (χ1) is 16.9. The van der Waals surface area contributed by atoms with Crippen LogP contribution in [0.15, 0.2) is 57.5 Å². The minimum absolute atomic E-state index is 0.0632. The Balaban J connectivity index is 1.72. The number of halogens is 1. The summed E-state index contributed by atoms with van der Waals surface area (Å²) >= 11 is 7.59. The van der Waals surface area contributed by atoms with Crippen molar-refractivity contribution in [3.8, 4) is 17.2 Å². The van der Waals surface area contributed by atoms with E-state index in [1.54, 1.807) is 21.3 Å². The summed E-state index contributed by atoms with van der Waals surface area (Å²) in [4.78, 5) is 19.5. The highest BCUT2D eigenvalue weighted by Gasteiger charge is 2.33. The lowest BCUT2D eigenvalue weighted by molar-refractivity contribution is 0.324. The molecular weight excluding hydrogens is 484 g/mol. The molecule has 0 saturated heterocycles. The molecule has 1 aliphatic carbocycles. The summed E-state index contributed by atoms with van der Waals surface area (Å²) in [5, 5.41) is 0.675. The van der Waals surface area contributed by atoms with Gasteiger partial charge in [0.1, 0.15) is 0 Å². The summed E-state index contributed by atoms with van der Waals surface area (Å²) in [6, 6.07) is 11.3. The normalized spacial score (nSPS) is 19.6. The Morgan fingerprint density at radius 3 is 2.40 bits per heavy atom. The van der Waals surface area contributed by atoms with E-state index >= 15 is 0 Å². The van der Waals surface area contributed by atoms with Crippen molar-refractivity contribution in [2.45, 2.75) is 32.2 Å². The van der Waals surface area contributed by atoms with Crippen molar-refractivity contribution in [2.75, 3.05) is 21.3 Å². The second-order valence-electron chi connectivity index (χ2n) is 8.79. The lowest BCUT2D eigenvalue weighted by Crippen LogP contribution is -2.40. The predicted octanol–water partition coefficient (Wildman–Crippen LogP) is 4.71. The van der Waals surface area contributed by atoms with Crippen LogP contribution in [0.5, 0.6) is 17.2 Å². The molecule has 35 heavy (non-hydrogen) atoms. The van der Waals surface area contributed by atoms with Crippen molar-refractivity contribution in [1.29, 1.82) is 0 Å². The number of aromatic nitrogens is 1. The fourth-order valence-electron chi connectivity index (χ4n) is 5.06. The molecular formula is C27H27ClN2O4S. The standard InChI is InChI=1S/C27H27ClN2O4S/c1-15-6-5-7-19-23(15)24(17-8-10-18(28)11-9-17)30-26(31)22(35-27(30)29-19)14-16-12-20(32-2)25(34-4)21(13-16)33-3/h8-15,24H,5-7H2,1-4H3/b22-14+. The van der Waals surface area contributed by atoms with Crippen molar-refractivity contribution in [3.63, 3.8) is 0 Å². The number of hydrogen-bond acceptors (Lipinski definition) is 6. The largest absolute Gasteiger partial charge is 0.493 e. The zero-order valence-corrected chi connectivity index (χ0v) is 21.7. The van der Waals surface area contributed by atoms with E-state index in [0.717, 1.165) is 40.9 Å². The Kier molecular flexibility index (Phi) is 6.47. The molecule has 0 spiro atoms. The minimum atomic E-state index is -0.184. The Bertz CT molecular complexity index is 1460. The second kappa shape index (κ2) is 9.55. The summed E-state index contributed by atoms with van der Waals surface area (Å²) < 4.78 is 18.9. The number of fused-ring (bicyclic) bond motifs is 1. The molecule has 6 nitrogen and oxygen atoms in total. The molecule has 0 fully saturated rings. The van der Waals surface area contributed by atoms with Gasteiger partial charge in [0, 0.05) is 10.7 Å². The number of hydrogen-bond donors (Lipinski definition) is 0. The quantitative estimate of drug-likeness (QED) is 0.498. The van der Waals surface area contributed by atoms with Gasteiger partial charge in [-0.15, -0.1) is 0 Å². The molecule has 0 amide bonds. The van der Waals surface area contributed by atoms with Crippen molar-refractivity contribution in [1.82, 2.24) is 4.57 Å². The highest BCUT2D eigenvalue weighted by molar-refractivity contribution is 7.07. The predicted molar refractivity (Wildman–Crippen MR) is 139 cm³/mol. The summed E-state index contributed by atoms with van der Waals surface area (Å²) in [5.41, 5.74) is 4.12. The number of ether oxygens (including phenoxy) is 3. The molecule has 0 radical (unpaired) electrons. The van der Waals surface area contributed by atoms with Crippen molar-refractivity contribution in [3.05, 3.63) is 83.5 Å². The molecule has 1 aromatic heterocycles. The number of nitrogens with zero attached hydrogens (tertiary/aromatic N) is 2. The van der Waals surface area contributed by atoms with Gasteiger partial charge in [-0.25, -0.2) is 4.99 Å². The van der Waals surface area contributed by atoms with Crippen LogP contribution >= 0.6 is 22.9 Å². The molecule has 2 aromatic carbocycles. The third kappa shape index (κ3) is 4.17. The maximum Gasteiger partial charge on any atom is 0.271 e. The Morgan fingerprint density at radius 1 is 1.09 bits per heavy atom. The summed E-state index contributed by atoms with van der Waals surface area (Å²) in [7, 11) is 4.72. The van der Waals surface area contributed by atoms with Crippen LogP contribution in [0.1, 0.15) is 43.4 Å². The van der Waals surface area contributed by atoms with E-state index in [-0.39, 0.29) is 11.6 Å². The van der Waals surface area contributed by atoms with Crippen LogP contribution in [-0.4, -0.2) is 25.9 Å². The number of benzene rings is 2. The van der Waals surface area contributed by atoms with Crippen molar-refractivity contribution >= 4 is 29.0 Å². The number of thiazole rings is 1. The fourth-order valence-corrected chi connectivity index (χ4v) is 6.21. The average Bonchev–Trinajstić information content (AvgIpc) is 3.17. The first-order valence-electron chi connectivity index (χ1n) is 11.5. The van der Waals surface area contributed by atoms with Crippen LogP contribution in [0.2, 0.25) is 5.02 Å². The van der Waals surface area contributed by atoms with Gasteiger partial charge in [-0.05, 0) is 72.2 Å². The molecule has 2 atom stereocenters. The highest BCUT2D eigenvalue weighted by Crippen LogP contribution is 2.41. The first-order valence-corrected chi connectivity index (χ1v) is 12.7. The molecule has 1 aliphatic heterocycles. The van der Waals surface area contributed by atoms with Gasteiger partial charge in [0.05, 0.1) is 31.9 Å². The smallest absolute Gasteiger partial charge is 0.271 e. The number of allylic oxidation sites excluding steroid dienone is 2. The molecule has 5 rings (SSSR count). The van der Waals surface area contributed by atoms with Gasteiger partial charge < -0.3 is 14.2 Å². The molecule has 2 aliphatic rings. The highest BCUT2D eigenvalue weighted by atomic mass is 35.5. The van der Waals surface area contributed by atoms with E-state index in [1.807, 2.05) is 47.0 Å². The zero-order chi connectivity index (χ0) is 24.7. The van der Waals surface area contributed by atoms with Gasteiger partial charge in [-0.3, -0.25) is 9.36 Å². The van der Waals surface area contributed by atoms with Crippen LogP contribution in [0.25, 0.3) is 6.08 Å². The topological polar surface area (TPSA) is 62.1 Å². The van der Waals surface area contributed by atoms with Gasteiger partial charge in [0.15, 0.2) is 16.3 Å². The maximum atomic E-state index is 13.8. The molecule has 2 heterocycles. The fraction of sp³-hybridized carbons (Fsp3) is 0.333. The summed E-state index contributed by atoms with van der Waals surface area (Å²) in [6.45, 7) is 2.23. The van der Waals surface area contributed by atoms with Crippen LogP contribution in [0.4, 0.5) is 0 Å². The van der Waals surface area contributed by atoms with Gasteiger partial charge in [-0.1, -0.05) is 42.0 Å². The molecule has 182 valence electrons. The third-order valence-corrected chi connectivity index (χ3v) is 7.94. The SMILES string of the molecule is COc1cc(/C=c2/sc3n(c2=O)C(c2ccc(Cl)cc2)C2=C(CCCC2C)N=3)cc(OC)c1OC. The van der Waals surface area contributed by atoms with E-state index in [4.69, 9.17) is 30.8 Å². The maximum absolute atomic E-state index is 13.8. The Labute approximate surface area is 212 Å². The van der Waals surface area contributed by atoms with Crippen LogP contribution in [-0.2, 0) is 0 Å². The monoisotopic (exact) mass is 510 g/mol. The summed E-state index contributed by atoms with van der Waals surface area (Å²) in [5.74, 6) is 1.94. The summed E-state index contributed by atoms with van der Waals surface area (Å²) in [6.07, 6.45) is 5.00. The van der Waals surface area contributed by atoms with E-state index in [0.29, 0.717) is 32.7 Å². The van der Waals surface area contributed by atoms with Gasteiger partial charge in [0.2, 0.25) is 5.75 Å². The van der Waals surface area contributed by atoms with Crippen LogP contribution in [0, 0.1) is 5.92 Å². The Morgan fingerprint density at radius 2 is 1.77 bits per heavy atom. The van der Waals surface area contributed by atoms with E-state index in [2.05, 4.69) is 6.92 Å². The molecule has 2 unspecified atom stereocenters. The average molecular weight is 511 g/mol. The second-order valence-corrected chi connectivity index (χ2v) is 10.2. The number of methoxy groups -OCH3 is 3. The lowest BCUT2D eigenvalue weighted by Gasteiger charge is -2.33. The van der Waals surface area contributed by atoms with Gasteiger partial charge in [-0.2, -0.15) is 0 Å². The van der Waals surface area contributed by atoms with E-state index in [1.165, 1.54) is 16.9 Å². The zero-order valence-electron chi connectivity index (χ0n) is 20.1. The van der Waals surface area contributed by atoms with Gasteiger partial charge >= 0.3 is 0 Å².